The van der Waals surface area contributed by atoms with Gasteiger partial charge in [-0.05, 0) is 35.9 Å². The zero-order valence-corrected chi connectivity index (χ0v) is 20.1. The summed E-state index contributed by atoms with van der Waals surface area (Å²) in [6, 6.07) is 25.9. The molecule has 0 spiro atoms. The number of aromatic nitrogens is 1. The van der Waals surface area contributed by atoms with Gasteiger partial charge in [-0.2, -0.15) is 5.26 Å². The molecule has 1 heterocycles. The zero-order chi connectivity index (χ0) is 24.5. The molecular formula is C27H20ClN3O3S. The molecule has 0 radical (unpaired) electrons. The van der Waals surface area contributed by atoms with Crippen LogP contribution in [0, 0.1) is 11.3 Å². The average Bonchev–Trinajstić information content (AvgIpc) is 3.36. The number of anilines is 1. The number of rotatable bonds is 9. The third-order valence-electron chi connectivity index (χ3n) is 4.80. The van der Waals surface area contributed by atoms with Gasteiger partial charge in [0.25, 0.3) is 5.91 Å². The highest BCUT2D eigenvalue weighted by Crippen LogP contribution is 2.25. The predicted molar refractivity (Wildman–Crippen MR) is 139 cm³/mol. The van der Waals surface area contributed by atoms with E-state index >= 15 is 0 Å². The number of amides is 1. The summed E-state index contributed by atoms with van der Waals surface area (Å²) in [5, 5.41) is 15.0. The molecular weight excluding hydrogens is 482 g/mol. The fourth-order valence-electron chi connectivity index (χ4n) is 3.09. The molecule has 4 aromatic rings. The lowest BCUT2D eigenvalue weighted by molar-refractivity contribution is -0.112. The lowest BCUT2D eigenvalue weighted by Gasteiger charge is -2.09. The maximum atomic E-state index is 12.6. The van der Waals surface area contributed by atoms with E-state index in [9.17, 15) is 10.1 Å². The summed E-state index contributed by atoms with van der Waals surface area (Å²) in [6.45, 7) is 0.678. The van der Waals surface area contributed by atoms with Gasteiger partial charge in [0.1, 0.15) is 36.4 Å². The molecule has 1 aromatic heterocycles. The minimum Gasteiger partial charge on any atom is -0.490 e. The topological polar surface area (TPSA) is 84.2 Å². The van der Waals surface area contributed by atoms with Gasteiger partial charge in [0.15, 0.2) is 5.13 Å². The molecule has 0 unspecified atom stereocenters. The molecule has 8 heteroatoms. The van der Waals surface area contributed by atoms with Crippen molar-refractivity contribution in [2.24, 2.45) is 0 Å². The molecule has 0 aliphatic rings. The lowest BCUT2D eigenvalue weighted by atomic mass is 10.1. The molecule has 4 rings (SSSR count). The van der Waals surface area contributed by atoms with E-state index < -0.39 is 5.91 Å². The van der Waals surface area contributed by atoms with Gasteiger partial charge in [-0.15, -0.1) is 11.3 Å². The number of benzene rings is 3. The van der Waals surface area contributed by atoms with Crippen LogP contribution in [0.5, 0.6) is 11.5 Å². The number of nitrogens with zero attached hydrogens (tertiary/aromatic N) is 2. The molecule has 0 bridgehead atoms. The van der Waals surface area contributed by atoms with Gasteiger partial charge >= 0.3 is 0 Å². The number of hydrogen-bond donors (Lipinski definition) is 1. The Labute approximate surface area is 212 Å². The van der Waals surface area contributed by atoms with Crippen molar-refractivity contribution in [1.29, 1.82) is 5.26 Å². The van der Waals surface area contributed by atoms with Gasteiger partial charge < -0.3 is 9.47 Å². The molecule has 3 aromatic carbocycles. The van der Waals surface area contributed by atoms with Crippen molar-refractivity contribution in [1.82, 2.24) is 4.98 Å². The maximum Gasteiger partial charge on any atom is 0.268 e. The van der Waals surface area contributed by atoms with Crippen LogP contribution in [0.4, 0.5) is 5.13 Å². The second-order valence-electron chi connectivity index (χ2n) is 7.22. The molecule has 0 fully saturated rings. The third kappa shape index (κ3) is 6.70. The van der Waals surface area contributed by atoms with Crippen molar-refractivity contribution in [3.63, 3.8) is 0 Å². The van der Waals surface area contributed by atoms with Gasteiger partial charge in [-0.1, -0.05) is 66.2 Å². The monoisotopic (exact) mass is 501 g/mol. The zero-order valence-electron chi connectivity index (χ0n) is 18.5. The number of para-hydroxylation sites is 1. The first-order valence-corrected chi connectivity index (χ1v) is 11.9. The van der Waals surface area contributed by atoms with E-state index in [0.29, 0.717) is 40.4 Å². The highest BCUT2D eigenvalue weighted by molar-refractivity contribution is 7.14. The van der Waals surface area contributed by atoms with E-state index in [1.165, 1.54) is 17.4 Å². The molecule has 6 nitrogen and oxygen atoms in total. The number of hydrogen-bond acceptors (Lipinski definition) is 6. The minimum atomic E-state index is -0.515. The summed E-state index contributed by atoms with van der Waals surface area (Å²) in [6.07, 6.45) is 1.52. The number of carbonyl (C=O) groups excluding carboxylic acids is 1. The van der Waals surface area contributed by atoms with Gasteiger partial charge in [-0.3, -0.25) is 10.1 Å². The van der Waals surface area contributed by atoms with Crippen molar-refractivity contribution in [2.45, 2.75) is 0 Å². The van der Waals surface area contributed by atoms with E-state index in [-0.39, 0.29) is 5.57 Å². The first kappa shape index (κ1) is 24.0. The predicted octanol–water partition coefficient (Wildman–Crippen LogP) is 6.47. The summed E-state index contributed by atoms with van der Waals surface area (Å²) >= 11 is 7.36. The standard InChI is InChI=1S/C27H20ClN3O3S/c28-23-8-4-5-9-25(23)34-15-14-33-22-12-10-19(11-13-22)16-21(17-29)26(32)31-27-30-24(18-35-27)20-6-2-1-3-7-20/h1-13,16,18H,14-15H2,(H,30,31,32)/b21-16-. The largest absolute Gasteiger partial charge is 0.490 e. The average molecular weight is 502 g/mol. The Kier molecular flexibility index (Phi) is 8.12. The van der Waals surface area contributed by atoms with Crippen LogP contribution in [0.2, 0.25) is 5.02 Å². The third-order valence-corrected chi connectivity index (χ3v) is 5.87. The molecule has 0 atom stereocenters. The van der Waals surface area contributed by atoms with Gasteiger partial charge in [0, 0.05) is 10.9 Å². The Morgan fingerprint density at radius 2 is 1.71 bits per heavy atom. The highest BCUT2D eigenvalue weighted by atomic mass is 35.5. The molecule has 0 aliphatic carbocycles. The Morgan fingerprint density at radius 3 is 2.46 bits per heavy atom. The minimum absolute atomic E-state index is 0.0248. The van der Waals surface area contributed by atoms with Crippen LogP contribution in [0.15, 0.2) is 89.8 Å². The molecule has 0 aliphatic heterocycles. The number of ether oxygens (including phenoxy) is 2. The van der Waals surface area contributed by atoms with Gasteiger partial charge in [0.2, 0.25) is 0 Å². The van der Waals surface area contributed by atoms with E-state index in [0.717, 1.165) is 11.3 Å². The Morgan fingerprint density at radius 1 is 1.00 bits per heavy atom. The van der Waals surface area contributed by atoms with Crippen LogP contribution in [0.1, 0.15) is 5.56 Å². The first-order chi connectivity index (χ1) is 17.1. The Balaban J connectivity index is 1.31. The normalized spacial score (nSPS) is 10.9. The SMILES string of the molecule is N#C/C(=C/c1ccc(OCCOc2ccccc2Cl)cc1)C(=O)Nc1nc(-c2ccccc2)cs1. The van der Waals surface area contributed by atoms with Crippen LogP contribution < -0.4 is 14.8 Å². The summed E-state index contributed by atoms with van der Waals surface area (Å²) in [4.78, 5) is 17.0. The smallest absolute Gasteiger partial charge is 0.268 e. The fraction of sp³-hybridized carbons (Fsp3) is 0.0741. The van der Waals surface area contributed by atoms with Crippen molar-refractivity contribution in [2.75, 3.05) is 18.5 Å². The molecule has 1 N–H and O–H groups in total. The molecule has 0 saturated heterocycles. The van der Waals surface area contributed by atoms with Gasteiger partial charge in [0.05, 0.1) is 10.7 Å². The van der Waals surface area contributed by atoms with Crippen LogP contribution in [-0.4, -0.2) is 24.1 Å². The number of thiazole rings is 1. The lowest BCUT2D eigenvalue weighted by Crippen LogP contribution is -2.13. The summed E-state index contributed by atoms with van der Waals surface area (Å²) in [5.41, 5.74) is 2.39. The molecule has 35 heavy (non-hydrogen) atoms. The van der Waals surface area contributed by atoms with Crippen LogP contribution in [-0.2, 0) is 4.79 Å². The van der Waals surface area contributed by atoms with E-state index in [2.05, 4.69) is 10.3 Å². The van der Waals surface area contributed by atoms with Crippen LogP contribution in [0.3, 0.4) is 0 Å². The number of halogens is 1. The number of nitrogens with one attached hydrogen (secondary N) is 1. The van der Waals surface area contributed by atoms with Crippen molar-refractivity contribution in [3.05, 3.63) is 100 Å². The quantitative estimate of drug-likeness (QED) is 0.161. The molecule has 0 saturated carbocycles. The summed E-state index contributed by atoms with van der Waals surface area (Å²) in [7, 11) is 0. The van der Waals surface area contributed by atoms with Crippen molar-refractivity contribution < 1.29 is 14.3 Å². The van der Waals surface area contributed by atoms with E-state index in [4.69, 9.17) is 21.1 Å². The van der Waals surface area contributed by atoms with Crippen LogP contribution >= 0.6 is 22.9 Å². The molecule has 174 valence electrons. The number of carbonyl (C=O) groups is 1. The Bertz CT molecular complexity index is 1360. The fourth-order valence-corrected chi connectivity index (χ4v) is 3.99. The number of nitriles is 1. The second-order valence-corrected chi connectivity index (χ2v) is 8.49. The summed E-state index contributed by atoms with van der Waals surface area (Å²) in [5.74, 6) is 0.734. The van der Waals surface area contributed by atoms with Crippen LogP contribution in [0.25, 0.3) is 17.3 Å². The van der Waals surface area contributed by atoms with Crippen molar-refractivity contribution >= 4 is 40.1 Å². The van der Waals surface area contributed by atoms with Crippen molar-refractivity contribution in [3.8, 4) is 28.8 Å². The first-order valence-electron chi connectivity index (χ1n) is 10.7. The van der Waals surface area contributed by atoms with Gasteiger partial charge in [-0.25, -0.2) is 4.98 Å². The van der Waals surface area contributed by atoms with E-state index in [1.807, 2.05) is 53.9 Å². The maximum absolute atomic E-state index is 12.6. The Hall–Kier alpha value is -4.12. The molecule has 1 amide bonds. The van der Waals surface area contributed by atoms with E-state index in [1.54, 1.807) is 36.4 Å². The highest BCUT2D eigenvalue weighted by Gasteiger charge is 2.12. The summed E-state index contributed by atoms with van der Waals surface area (Å²) < 4.78 is 11.3. The second kappa shape index (κ2) is 11.8.